The van der Waals surface area contributed by atoms with Gasteiger partial charge in [-0.05, 0) is 18.6 Å². The summed E-state index contributed by atoms with van der Waals surface area (Å²) in [7, 11) is 1.46. The summed E-state index contributed by atoms with van der Waals surface area (Å²) in [5.41, 5.74) is 1.92. The number of hydrogen-bond acceptors (Lipinski definition) is 3. The van der Waals surface area contributed by atoms with Crippen molar-refractivity contribution < 1.29 is 9.13 Å². The number of rotatable bonds is 6. The van der Waals surface area contributed by atoms with E-state index in [4.69, 9.17) is 4.74 Å². The lowest BCUT2D eigenvalue weighted by Crippen LogP contribution is -2.00. The maximum absolute atomic E-state index is 13.3. The highest BCUT2D eigenvalue weighted by Crippen LogP contribution is 2.21. The van der Waals surface area contributed by atoms with Crippen molar-refractivity contribution in [1.82, 2.24) is 9.78 Å². The van der Waals surface area contributed by atoms with E-state index in [1.165, 1.54) is 13.2 Å². The van der Waals surface area contributed by atoms with Crippen molar-refractivity contribution in [3.63, 3.8) is 0 Å². The van der Waals surface area contributed by atoms with Gasteiger partial charge >= 0.3 is 0 Å². The zero-order valence-corrected chi connectivity index (χ0v) is 11.2. The zero-order valence-electron chi connectivity index (χ0n) is 11.2. The lowest BCUT2D eigenvalue weighted by molar-refractivity contribution is 0.387. The van der Waals surface area contributed by atoms with Crippen molar-refractivity contribution >= 4 is 5.69 Å². The molecule has 2 aromatic rings. The van der Waals surface area contributed by atoms with E-state index >= 15 is 0 Å². The molecule has 0 aliphatic heterocycles. The minimum atomic E-state index is -0.358. The summed E-state index contributed by atoms with van der Waals surface area (Å²) in [6.45, 7) is 3.69. The van der Waals surface area contributed by atoms with E-state index in [-0.39, 0.29) is 11.6 Å². The Morgan fingerprint density at radius 1 is 1.42 bits per heavy atom. The van der Waals surface area contributed by atoms with Crippen LogP contribution in [-0.2, 0) is 13.1 Å². The molecule has 0 radical (unpaired) electrons. The van der Waals surface area contributed by atoms with Crippen LogP contribution < -0.4 is 10.1 Å². The van der Waals surface area contributed by atoms with E-state index in [9.17, 15) is 4.39 Å². The van der Waals surface area contributed by atoms with Crippen LogP contribution >= 0.6 is 0 Å². The first-order chi connectivity index (χ1) is 9.22. The minimum absolute atomic E-state index is 0.242. The van der Waals surface area contributed by atoms with E-state index in [0.29, 0.717) is 6.54 Å². The normalized spacial score (nSPS) is 10.5. The molecule has 102 valence electrons. The molecule has 2 rings (SSSR count). The van der Waals surface area contributed by atoms with Gasteiger partial charge in [-0.15, -0.1) is 0 Å². The first-order valence-corrected chi connectivity index (χ1v) is 6.31. The van der Waals surface area contributed by atoms with Gasteiger partial charge in [0.2, 0.25) is 0 Å². The minimum Gasteiger partial charge on any atom is -0.494 e. The number of hydrogen-bond donors (Lipinski definition) is 1. The molecule has 0 fully saturated rings. The maximum Gasteiger partial charge on any atom is 0.165 e. The van der Waals surface area contributed by atoms with Gasteiger partial charge in [-0.1, -0.05) is 6.92 Å². The number of ether oxygens (including phenoxy) is 1. The monoisotopic (exact) mass is 263 g/mol. The molecule has 19 heavy (non-hydrogen) atoms. The van der Waals surface area contributed by atoms with Crippen molar-refractivity contribution in [2.75, 3.05) is 12.4 Å². The Bertz CT molecular complexity index is 539. The third-order valence-corrected chi connectivity index (χ3v) is 2.79. The fraction of sp³-hybridized carbons (Fsp3) is 0.357. The SMILES string of the molecule is CCCn1cc(CNc2ccc(F)c(OC)c2)cn1. The Hall–Kier alpha value is -2.04. The largest absolute Gasteiger partial charge is 0.494 e. The molecule has 0 aliphatic carbocycles. The topological polar surface area (TPSA) is 39.1 Å². The number of aryl methyl sites for hydroxylation is 1. The van der Waals surface area contributed by atoms with Crippen LogP contribution in [0.5, 0.6) is 5.75 Å². The van der Waals surface area contributed by atoms with Crippen LogP contribution in [0.15, 0.2) is 30.6 Å². The van der Waals surface area contributed by atoms with Crippen LogP contribution in [0.1, 0.15) is 18.9 Å². The molecule has 0 bridgehead atoms. The molecule has 1 aromatic heterocycles. The first-order valence-electron chi connectivity index (χ1n) is 6.31. The first kappa shape index (κ1) is 13.4. The van der Waals surface area contributed by atoms with Crippen LogP contribution in [0.25, 0.3) is 0 Å². The lowest BCUT2D eigenvalue weighted by atomic mass is 10.2. The lowest BCUT2D eigenvalue weighted by Gasteiger charge is -2.07. The molecule has 1 aromatic carbocycles. The zero-order chi connectivity index (χ0) is 13.7. The second kappa shape index (κ2) is 6.22. The van der Waals surface area contributed by atoms with Crippen molar-refractivity contribution in [3.05, 3.63) is 42.0 Å². The second-order valence-corrected chi connectivity index (χ2v) is 4.31. The third kappa shape index (κ3) is 3.47. The van der Waals surface area contributed by atoms with Crippen LogP contribution in [0.4, 0.5) is 10.1 Å². The summed E-state index contributed by atoms with van der Waals surface area (Å²) in [4.78, 5) is 0. The molecule has 0 unspecified atom stereocenters. The third-order valence-electron chi connectivity index (χ3n) is 2.79. The van der Waals surface area contributed by atoms with Gasteiger partial charge in [-0.3, -0.25) is 4.68 Å². The second-order valence-electron chi connectivity index (χ2n) is 4.31. The Kier molecular flexibility index (Phi) is 4.39. The van der Waals surface area contributed by atoms with Gasteiger partial charge in [-0.25, -0.2) is 4.39 Å². The number of benzene rings is 1. The maximum atomic E-state index is 13.3. The fourth-order valence-electron chi connectivity index (χ4n) is 1.82. The van der Waals surface area contributed by atoms with E-state index in [0.717, 1.165) is 24.2 Å². The molecule has 0 amide bonds. The molecule has 0 aliphatic rings. The predicted octanol–water partition coefficient (Wildman–Crippen LogP) is 3.05. The summed E-state index contributed by atoms with van der Waals surface area (Å²) in [6.07, 6.45) is 4.91. The smallest absolute Gasteiger partial charge is 0.165 e. The average Bonchev–Trinajstić information content (AvgIpc) is 2.86. The average molecular weight is 263 g/mol. The van der Waals surface area contributed by atoms with Gasteiger partial charge in [0.15, 0.2) is 11.6 Å². The molecule has 0 saturated heterocycles. The number of aromatic nitrogens is 2. The highest BCUT2D eigenvalue weighted by atomic mass is 19.1. The van der Waals surface area contributed by atoms with Crippen LogP contribution in [0.3, 0.4) is 0 Å². The molecular formula is C14H18FN3O. The van der Waals surface area contributed by atoms with Gasteiger partial charge in [0.1, 0.15) is 0 Å². The molecule has 4 nitrogen and oxygen atoms in total. The summed E-state index contributed by atoms with van der Waals surface area (Å²) in [5.74, 6) is -0.115. The Morgan fingerprint density at radius 2 is 2.26 bits per heavy atom. The summed E-state index contributed by atoms with van der Waals surface area (Å²) in [5, 5.41) is 7.48. The van der Waals surface area contributed by atoms with Crippen LogP contribution in [0, 0.1) is 5.82 Å². The Morgan fingerprint density at radius 3 is 3.00 bits per heavy atom. The predicted molar refractivity (Wildman–Crippen MR) is 72.8 cm³/mol. The van der Waals surface area contributed by atoms with Gasteiger partial charge in [0.05, 0.1) is 13.3 Å². The van der Waals surface area contributed by atoms with E-state index in [2.05, 4.69) is 17.3 Å². The molecule has 0 spiro atoms. The highest BCUT2D eigenvalue weighted by molar-refractivity contribution is 5.49. The summed E-state index contributed by atoms with van der Waals surface area (Å²) >= 11 is 0. The number of anilines is 1. The molecule has 1 heterocycles. The molecule has 1 N–H and O–H groups in total. The van der Waals surface area contributed by atoms with Crippen molar-refractivity contribution in [2.24, 2.45) is 0 Å². The quantitative estimate of drug-likeness (QED) is 0.870. The van der Waals surface area contributed by atoms with E-state index < -0.39 is 0 Å². The molecular weight excluding hydrogens is 245 g/mol. The Balaban J connectivity index is 1.97. The molecule has 0 atom stereocenters. The van der Waals surface area contributed by atoms with E-state index in [1.807, 2.05) is 17.1 Å². The molecule has 0 saturated carbocycles. The number of halogens is 1. The standard InChI is InChI=1S/C14H18FN3O/c1-3-6-18-10-11(9-17-18)8-16-12-4-5-13(15)14(7-12)19-2/h4-5,7,9-10,16H,3,6,8H2,1-2H3. The van der Waals surface area contributed by atoms with Gasteiger partial charge in [0.25, 0.3) is 0 Å². The van der Waals surface area contributed by atoms with Gasteiger partial charge < -0.3 is 10.1 Å². The van der Waals surface area contributed by atoms with Crippen molar-refractivity contribution in [2.45, 2.75) is 26.4 Å². The van der Waals surface area contributed by atoms with E-state index in [1.54, 1.807) is 12.1 Å². The van der Waals surface area contributed by atoms with Gasteiger partial charge in [-0.2, -0.15) is 5.10 Å². The summed E-state index contributed by atoms with van der Waals surface area (Å²) in [6, 6.07) is 4.72. The number of nitrogens with zero attached hydrogens (tertiary/aromatic N) is 2. The summed E-state index contributed by atoms with van der Waals surface area (Å²) < 4.78 is 20.1. The van der Waals surface area contributed by atoms with Crippen molar-refractivity contribution in [1.29, 1.82) is 0 Å². The van der Waals surface area contributed by atoms with Crippen LogP contribution in [0.2, 0.25) is 0 Å². The molecule has 5 heteroatoms. The van der Waals surface area contributed by atoms with Crippen molar-refractivity contribution in [3.8, 4) is 5.75 Å². The van der Waals surface area contributed by atoms with Crippen LogP contribution in [-0.4, -0.2) is 16.9 Å². The number of nitrogens with one attached hydrogen (secondary N) is 1. The highest BCUT2D eigenvalue weighted by Gasteiger charge is 2.04. The Labute approximate surface area is 112 Å². The number of methoxy groups -OCH3 is 1. The van der Waals surface area contributed by atoms with Gasteiger partial charge in [0, 0.05) is 36.6 Å². The fourth-order valence-corrected chi connectivity index (χ4v) is 1.82.